The van der Waals surface area contributed by atoms with Gasteiger partial charge in [-0.2, -0.15) is 22.7 Å². The largest absolute Gasteiger partial charge is 0.455 e. The molecule has 0 fully saturated rings. The molecule has 21 rings (SSSR count). The van der Waals surface area contributed by atoms with Crippen molar-refractivity contribution in [3.05, 3.63) is 326 Å². The van der Waals surface area contributed by atoms with Gasteiger partial charge in [0.25, 0.3) is 20.1 Å². The van der Waals surface area contributed by atoms with Crippen LogP contribution in [0.4, 0.5) is 134 Å². The van der Waals surface area contributed by atoms with Crippen molar-refractivity contribution in [2.45, 2.75) is 0 Å². The maximum Gasteiger partial charge on any atom is 0.285 e. The van der Waals surface area contributed by atoms with Crippen molar-refractivity contribution < 1.29 is 35.8 Å². The van der Waals surface area contributed by atoms with Crippen LogP contribution in [-0.4, -0.2) is 34.2 Å². The quantitative estimate of drug-likeness (QED) is 0.0930. The number of ether oxygens (including phenoxy) is 2. The van der Waals surface area contributed by atoms with E-state index in [0.29, 0.717) is 79.9 Å². The first-order valence-corrected chi connectivity index (χ1v) is 37.0. The smallest absolute Gasteiger partial charge is 0.285 e. The van der Waals surface area contributed by atoms with E-state index in [9.17, 15) is 0 Å². The highest BCUT2D eigenvalue weighted by atomic mass is 32.1. The zero-order valence-electron chi connectivity index (χ0n) is 57.5. The van der Waals surface area contributed by atoms with E-state index < -0.39 is 55.0 Å². The lowest BCUT2D eigenvalue weighted by Gasteiger charge is -2.43. The van der Waals surface area contributed by atoms with Gasteiger partial charge in [0.05, 0.1) is 39.8 Å². The van der Waals surface area contributed by atoms with E-state index in [1.54, 1.807) is 68.9 Å². The number of hydrogen-bond donors (Lipinski definition) is 0. The average molecular weight is 1450 g/mol. The fraction of sp³-hybridized carbons (Fsp3) is 0.0227. The molecule has 0 saturated carbocycles. The van der Waals surface area contributed by atoms with Crippen LogP contribution in [0.2, 0.25) is 0 Å². The molecule has 0 bridgehead atoms. The third kappa shape index (κ3) is 9.35. The van der Waals surface area contributed by atoms with Gasteiger partial charge in [-0.15, -0.1) is 0 Å². The summed E-state index contributed by atoms with van der Waals surface area (Å²) >= 11 is 3.31. The molecule has 0 N–H and O–H groups in total. The number of benzene rings is 13. The second kappa shape index (κ2) is 24.4. The molecule has 6 aliphatic rings. The van der Waals surface area contributed by atoms with E-state index in [-0.39, 0.29) is 22.7 Å². The lowest BCUT2D eigenvalue weighted by molar-refractivity contribution is 0.468. The number of thiophene rings is 2. The molecule has 6 aliphatic heterocycles. The van der Waals surface area contributed by atoms with E-state index in [1.807, 2.05) is 182 Å². The highest BCUT2D eigenvalue weighted by Crippen LogP contribution is 2.55. The SMILES string of the molecule is CN1c2cc(N(c3ccccc3)c3c(F)cccc3F)cc3c2B(c2ccccc2N3c2ccccc2F)c2sc3c(c21)Oc1cc(N(c2ccccc2)c2ccccc2)cc2c1B3c1sc3c(c1O2)N(C)c1cc(N(c2ccccc2)c2c(F)cccc2F)cc2c1B3c1ccccc1N2c1ccccc1F. The predicted octanol–water partition coefficient (Wildman–Crippen LogP) is 18.5. The van der Waals surface area contributed by atoms with Crippen LogP contribution < -0.4 is 90.2 Å². The van der Waals surface area contributed by atoms with E-state index >= 15 is 26.3 Å². The fourth-order valence-corrected chi connectivity index (χ4v) is 20.3. The zero-order chi connectivity index (χ0) is 72.5. The van der Waals surface area contributed by atoms with Crippen LogP contribution in [0.15, 0.2) is 291 Å². The molecule has 108 heavy (non-hydrogen) atoms. The van der Waals surface area contributed by atoms with Gasteiger partial charge in [0.15, 0.2) is 11.5 Å². The van der Waals surface area contributed by atoms with Crippen LogP contribution in [0.25, 0.3) is 0 Å². The number of nitrogens with zero attached hydrogens (tertiary/aromatic N) is 7. The molecular weight excluding hydrogens is 1400 g/mol. The van der Waals surface area contributed by atoms with Crippen molar-refractivity contribution in [3.63, 3.8) is 0 Å². The number of hydrogen-bond acceptors (Lipinski definition) is 11. The third-order valence-corrected chi connectivity index (χ3v) is 24.2. The third-order valence-electron chi connectivity index (χ3n) is 21.6. The molecule has 0 saturated heterocycles. The van der Waals surface area contributed by atoms with Crippen molar-refractivity contribution in [1.82, 2.24) is 0 Å². The van der Waals surface area contributed by atoms with E-state index in [1.165, 1.54) is 48.5 Å². The summed E-state index contributed by atoms with van der Waals surface area (Å²) in [6, 6.07) is 87.7. The standard InChI is InChI=1S/C88H54B3F6N7O2S2/c1-98-70-45-55(101(53-29-11-5-12-30-53)79-62(94)37-23-38-63(79)95)47-72-76(70)89(58-33-15-19-41-66(58)103(72)68-43-21-17-35-60(68)92)85-81(98)83-87(107-85)91-78-74(105-83)49-57(100(51-25-7-3-8-26-51)52-27-9-4-10-28-52)50-75(78)106-84-82-86(108-88(84)91)90-59-34-16-20-42-67(59)104(69-44-22-18-36-61(69)93)73-48-56(46-71(77(73)90)99(82)2)102(54-31-13-6-14-32-54)80-64(96)39-24-40-65(80)97/h3-50H,1-2H3. The minimum atomic E-state index is -0.777. The number of rotatable bonds is 11. The first kappa shape index (κ1) is 63.7. The summed E-state index contributed by atoms with van der Waals surface area (Å²) in [4.78, 5) is 13.5. The van der Waals surface area contributed by atoms with Gasteiger partial charge < -0.3 is 43.8 Å². The molecule has 20 heteroatoms. The minimum absolute atomic E-state index is 0.284. The van der Waals surface area contributed by atoms with Crippen molar-refractivity contribution in [1.29, 1.82) is 0 Å². The van der Waals surface area contributed by atoms with Crippen molar-refractivity contribution in [2.24, 2.45) is 0 Å². The Hall–Kier alpha value is -12.8. The van der Waals surface area contributed by atoms with E-state index in [4.69, 9.17) is 9.47 Å². The highest BCUT2D eigenvalue weighted by Gasteiger charge is 2.54. The summed E-state index contributed by atoms with van der Waals surface area (Å²) in [6.45, 7) is -1.58. The molecule has 13 aromatic carbocycles. The van der Waals surface area contributed by atoms with Crippen molar-refractivity contribution in [3.8, 4) is 23.0 Å². The predicted molar refractivity (Wildman–Crippen MR) is 431 cm³/mol. The van der Waals surface area contributed by atoms with Crippen molar-refractivity contribution >= 4 is 197 Å². The maximum absolute atomic E-state index is 17.1. The molecule has 15 aromatic rings. The van der Waals surface area contributed by atoms with Gasteiger partial charge in [-0.1, -0.05) is 146 Å². The van der Waals surface area contributed by atoms with Crippen LogP contribution >= 0.6 is 22.7 Å². The lowest BCUT2D eigenvalue weighted by Crippen LogP contribution is -2.60. The van der Waals surface area contributed by atoms with Crippen molar-refractivity contribution in [2.75, 3.05) is 48.4 Å². The van der Waals surface area contributed by atoms with Gasteiger partial charge in [-0.3, -0.25) is 0 Å². The summed E-state index contributed by atoms with van der Waals surface area (Å²) in [6.07, 6.45) is 0. The molecule has 516 valence electrons. The number of anilines is 19. The maximum atomic E-state index is 17.1. The Morgan fingerprint density at radius 3 is 0.972 bits per heavy atom. The molecule has 0 spiro atoms. The van der Waals surface area contributed by atoms with E-state index in [2.05, 4.69) is 63.2 Å². The van der Waals surface area contributed by atoms with Crippen LogP contribution in [-0.2, 0) is 0 Å². The number of fused-ring (bicyclic) bond motifs is 14. The molecule has 9 nitrogen and oxygen atoms in total. The van der Waals surface area contributed by atoms with Gasteiger partial charge in [-0.25, -0.2) is 26.3 Å². The Bertz CT molecular complexity index is 5850. The molecule has 8 heterocycles. The second-order valence-corrected chi connectivity index (χ2v) is 29.6. The number of para-hydroxylation sites is 10. The molecular formula is C88H54B3F6N7O2S2. The van der Waals surface area contributed by atoms with Gasteiger partial charge >= 0.3 is 0 Å². The molecule has 0 amide bonds. The topological polar surface area (TPSA) is 41.1 Å². The van der Waals surface area contributed by atoms with Crippen LogP contribution in [0.5, 0.6) is 23.0 Å². The Morgan fingerprint density at radius 1 is 0.278 bits per heavy atom. The average Bonchev–Trinajstić information content (AvgIpc) is 1.49. The Kier molecular flexibility index (Phi) is 14.4. The number of halogens is 6. The Morgan fingerprint density at radius 2 is 0.593 bits per heavy atom. The summed E-state index contributed by atoms with van der Waals surface area (Å²) in [5.41, 5.74) is 14.1. The normalized spacial score (nSPS) is 13.4. The molecule has 0 atom stereocenters. The monoisotopic (exact) mass is 1450 g/mol. The van der Waals surface area contributed by atoms with Crippen LogP contribution in [0, 0.1) is 34.9 Å². The van der Waals surface area contributed by atoms with Crippen LogP contribution in [0.3, 0.4) is 0 Å². The summed E-state index contributed by atoms with van der Waals surface area (Å²) in [7, 11) is 4.00. The molecule has 0 unspecified atom stereocenters. The summed E-state index contributed by atoms with van der Waals surface area (Å²) in [5, 5.41) is 0. The molecule has 0 radical (unpaired) electrons. The van der Waals surface area contributed by atoms with Gasteiger partial charge in [0.2, 0.25) is 0 Å². The van der Waals surface area contributed by atoms with Crippen LogP contribution in [0.1, 0.15) is 0 Å². The second-order valence-electron chi connectivity index (χ2n) is 27.5. The minimum Gasteiger partial charge on any atom is -0.455 e. The first-order valence-electron chi connectivity index (χ1n) is 35.4. The Labute approximate surface area is 626 Å². The van der Waals surface area contributed by atoms with Gasteiger partial charge in [0.1, 0.15) is 57.8 Å². The highest BCUT2D eigenvalue weighted by molar-refractivity contribution is 7.44. The molecule has 0 aliphatic carbocycles. The first-order chi connectivity index (χ1) is 52.9. The fourth-order valence-electron chi connectivity index (χ4n) is 17.2. The van der Waals surface area contributed by atoms with Gasteiger partial charge in [0, 0.05) is 108 Å². The summed E-state index contributed by atoms with van der Waals surface area (Å²) in [5.74, 6) is -1.74. The lowest BCUT2D eigenvalue weighted by atomic mass is 9.36. The zero-order valence-corrected chi connectivity index (χ0v) is 59.1. The Balaban J connectivity index is 0.832. The van der Waals surface area contributed by atoms with Gasteiger partial charge in [-0.05, 0) is 155 Å². The summed E-state index contributed by atoms with van der Waals surface area (Å²) < 4.78 is 121. The van der Waals surface area contributed by atoms with E-state index in [0.717, 1.165) is 74.9 Å². The molecule has 2 aromatic heterocycles.